The van der Waals surface area contributed by atoms with Gasteiger partial charge in [0.15, 0.2) is 0 Å². The van der Waals surface area contributed by atoms with E-state index in [-0.39, 0.29) is 54.8 Å². The fourth-order valence-corrected chi connectivity index (χ4v) is 8.36. The molecule has 49 heavy (non-hydrogen) atoms. The zero-order valence-corrected chi connectivity index (χ0v) is 31.6. The van der Waals surface area contributed by atoms with Gasteiger partial charge in [-0.1, -0.05) is 12.2 Å². The average molecular weight is 690 g/mol. The number of carbonyl (C=O) groups is 4. The van der Waals surface area contributed by atoms with Crippen LogP contribution in [0, 0.1) is 5.92 Å². The molecule has 6 aliphatic rings. The molecule has 0 radical (unpaired) electrons. The molecule has 0 aromatic heterocycles. The minimum Gasteiger partial charge on any atom is -0.444 e. The molecule has 11 nitrogen and oxygen atoms in total. The van der Waals surface area contributed by atoms with Crippen molar-refractivity contribution in [1.82, 2.24) is 14.7 Å². The minimum absolute atomic E-state index is 0.0844. The number of amides is 3. The van der Waals surface area contributed by atoms with Crippen molar-refractivity contribution in [2.75, 3.05) is 6.61 Å². The molecule has 11 heteroatoms. The maximum atomic E-state index is 12.1. The van der Waals surface area contributed by atoms with E-state index < -0.39 is 16.8 Å². The molecule has 0 aromatic rings. The third-order valence-corrected chi connectivity index (χ3v) is 10.1. The van der Waals surface area contributed by atoms with E-state index in [0.717, 1.165) is 64.2 Å². The number of piperidine rings is 3. The molecule has 6 rings (SSSR count). The van der Waals surface area contributed by atoms with Crippen LogP contribution in [0.2, 0.25) is 0 Å². The Morgan fingerprint density at radius 3 is 1.18 bits per heavy atom. The van der Waals surface area contributed by atoms with Crippen molar-refractivity contribution in [3.63, 3.8) is 0 Å². The molecule has 0 spiro atoms. The number of fused-ring (bicyclic) bond motifs is 6. The summed E-state index contributed by atoms with van der Waals surface area (Å²) in [5.74, 6) is 0.651. The predicted octanol–water partition coefficient (Wildman–Crippen LogP) is 7.38. The monoisotopic (exact) mass is 689 g/mol. The molecule has 6 saturated heterocycles. The van der Waals surface area contributed by atoms with Crippen molar-refractivity contribution >= 4 is 24.1 Å². The number of ketones is 1. The lowest BCUT2D eigenvalue weighted by atomic mass is 9.92. The normalized spacial score (nSPS) is 30.6. The van der Waals surface area contributed by atoms with Crippen LogP contribution >= 0.6 is 0 Å². The van der Waals surface area contributed by atoms with Gasteiger partial charge in [-0.2, -0.15) is 0 Å². The standard InChI is InChI=1S/C13H23NO3.C13H21NO2.C12H19NO3/c1-13(2,3)17-12(16)14-10-4-5-11(14)7-9(6-10)8-15;1-9-7-10-5-6-11(8-9)14(10)12(15)16-13(2,3)4;1-12(2,3)16-11(15)13-8-4-5-9(13)7-10(14)6-8/h9-11,15H,4-8H2,1-3H3;10-11H,1,5-8H2,2-4H3;8-9H,4-7H2,1-3H3. The van der Waals surface area contributed by atoms with E-state index >= 15 is 0 Å². The van der Waals surface area contributed by atoms with Crippen molar-refractivity contribution in [2.45, 2.75) is 192 Å². The highest BCUT2D eigenvalue weighted by Gasteiger charge is 2.46. The molecule has 0 aromatic carbocycles. The SMILES string of the molecule is C=C1CC2CCC(C1)N2C(=O)OC(C)(C)C.CC(C)(C)OC(=O)N1C2CCC1CC(=O)C2.CC(C)(C)OC(=O)N1C2CCC1CC(CO)C2. The molecular formula is C38H63N3O8. The lowest BCUT2D eigenvalue weighted by Gasteiger charge is -2.39. The molecule has 3 amide bonds. The van der Waals surface area contributed by atoms with Crippen LogP contribution in [0.5, 0.6) is 0 Å². The van der Waals surface area contributed by atoms with Crippen molar-refractivity contribution in [3.8, 4) is 0 Å². The number of Topliss-reactive ketones (excluding diaryl/α,β-unsaturated/α-hetero) is 1. The van der Waals surface area contributed by atoms with Gasteiger partial charge in [-0.05, 0) is 132 Å². The van der Waals surface area contributed by atoms with Crippen molar-refractivity contribution in [3.05, 3.63) is 12.2 Å². The van der Waals surface area contributed by atoms with Gasteiger partial charge >= 0.3 is 18.3 Å². The summed E-state index contributed by atoms with van der Waals surface area (Å²) < 4.78 is 16.3. The van der Waals surface area contributed by atoms with E-state index in [1.807, 2.05) is 72.1 Å². The Labute approximate surface area is 294 Å². The molecule has 6 unspecified atom stereocenters. The zero-order valence-electron chi connectivity index (χ0n) is 31.6. The van der Waals surface area contributed by atoms with Gasteiger partial charge in [-0.25, -0.2) is 14.4 Å². The molecule has 6 aliphatic heterocycles. The summed E-state index contributed by atoms with van der Waals surface area (Å²) in [7, 11) is 0. The van der Waals surface area contributed by atoms with Gasteiger partial charge in [-0.3, -0.25) is 4.79 Å². The van der Waals surface area contributed by atoms with Crippen molar-refractivity contribution < 1.29 is 38.5 Å². The van der Waals surface area contributed by atoms with Gasteiger partial charge in [0.05, 0.1) is 0 Å². The van der Waals surface area contributed by atoms with Gasteiger partial charge in [0, 0.05) is 55.7 Å². The average Bonchev–Trinajstić information content (AvgIpc) is 3.50. The molecule has 0 saturated carbocycles. The number of hydrogen-bond acceptors (Lipinski definition) is 8. The zero-order chi connectivity index (χ0) is 36.5. The third-order valence-electron chi connectivity index (χ3n) is 10.1. The predicted molar refractivity (Wildman–Crippen MR) is 187 cm³/mol. The van der Waals surface area contributed by atoms with Crippen LogP contribution in [0.15, 0.2) is 12.2 Å². The number of carbonyl (C=O) groups excluding carboxylic acids is 4. The van der Waals surface area contributed by atoms with Crippen molar-refractivity contribution in [2.24, 2.45) is 5.92 Å². The van der Waals surface area contributed by atoms with Crippen LogP contribution in [0.4, 0.5) is 14.4 Å². The van der Waals surface area contributed by atoms with Crippen LogP contribution in [0.1, 0.15) is 139 Å². The van der Waals surface area contributed by atoms with Gasteiger partial charge in [0.25, 0.3) is 0 Å². The first-order valence-corrected chi connectivity index (χ1v) is 18.5. The molecule has 6 atom stereocenters. The number of rotatable bonds is 1. The van der Waals surface area contributed by atoms with Crippen LogP contribution in [0.3, 0.4) is 0 Å². The van der Waals surface area contributed by atoms with E-state index in [4.69, 9.17) is 14.2 Å². The lowest BCUT2D eigenvalue weighted by molar-refractivity contribution is -0.123. The fourth-order valence-electron chi connectivity index (χ4n) is 8.36. The highest BCUT2D eigenvalue weighted by molar-refractivity contribution is 5.83. The summed E-state index contributed by atoms with van der Waals surface area (Å²) in [4.78, 5) is 53.2. The molecule has 6 heterocycles. The van der Waals surface area contributed by atoms with Crippen LogP contribution in [-0.4, -0.2) is 104 Å². The highest BCUT2D eigenvalue weighted by Crippen LogP contribution is 2.40. The van der Waals surface area contributed by atoms with Gasteiger partial charge in [0.2, 0.25) is 0 Å². The molecule has 0 aliphatic carbocycles. The Bertz CT molecular complexity index is 1120. The fraction of sp³-hybridized carbons (Fsp3) is 0.842. The maximum Gasteiger partial charge on any atom is 0.410 e. The second kappa shape index (κ2) is 15.2. The molecule has 6 bridgehead atoms. The quantitative estimate of drug-likeness (QED) is 0.223. The number of hydrogen-bond donors (Lipinski definition) is 1. The lowest BCUT2D eigenvalue weighted by Crippen LogP contribution is -2.48. The van der Waals surface area contributed by atoms with E-state index in [0.29, 0.717) is 30.8 Å². The first-order chi connectivity index (χ1) is 22.6. The second-order valence-electron chi connectivity index (χ2n) is 17.9. The summed E-state index contributed by atoms with van der Waals surface area (Å²) in [5.41, 5.74) is 0.000130. The number of ether oxygens (including phenoxy) is 3. The number of aliphatic hydroxyl groups excluding tert-OH is 1. The summed E-state index contributed by atoms with van der Waals surface area (Å²) in [6.07, 6.45) is 10.4. The van der Waals surface area contributed by atoms with Gasteiger partial charge in [-0.15, -0.1) is 0 Å². The van der Waals surface area contributed by atoms with E-state index in [9.17, 15) is 24.3 Å². The van der Waals surface area contributed by atoms with Gasteiger partial charge in [0.1, 0.15) is 22.6 Å². The second-order valence-corrected chi connectivity index (χ2v) is 17.9. The van der Waals surface area contributed by atoms with Crippen molar-refractivity contribution in [1.29, 1.82) is 0 Å². The minimum atomic E-state index is -0.460. The Kier molecular flexibility index (Phi) is 12.1. The smallest absolute Gasteiger partial charge is 0.410 e. The Hall–Kier alpha value is -2.82. The summed E-state index contributed by atoms with van der Waals surface area (Å²) in [6, 6.07) is 1.39. The number of aliphatic hydroxyl groups is 1. The first-order valence-electron chi connectivity index (χ1n) is 18.5. The van der Waals surface area contributed by atoms with E-state index in [1.54, 1.807) is 4.90 Å². The van der Waals surface area contributed by atoms with Crippen LogP contribution in [0.25, 0.3) is 0 Å². The Morgan fingerprint density at radius 2 is 0.878 bits per heavy atom. The highest BCUT2D eigenvalue weighted by atomic mass is 16.6. The summed E-state index contributed by atoms with van der Waals surface area (Å²) in [6.45, 7) is 21.3. The maximum absolute atomic E-state index is 12.1. The van der Waals surface area contributed by atoms with Gasteiger partial charge < -0.3 is 34.0 Å². The molecule has 6 fully saturated rings. The van der Waals surface area contributed by atoms with Crippen LogP contribution < -0.4 is 0 Å². The largest absolute Gasteiger partial charge is 0.444 e. The summed E-state index contributed by atoms with van der Waals surface area (Å²) >= 11 is 0. The third kappa shape index (κ3) is 10.6. The first kappa shape index (κ1) is 39.0. The molecule has 1 N–H and O–H groups in total. The Balaban J connectivity index is 0.000000166. The van der Waals surface area contributed by atoms with Crippen LogP contribution in [-0.2, 0) is 19.0 Å². The topological polar surface area (TPSA) is 126 Å². The van der Waals surface area contributed by atoms with E-state index in [1.165, 1.54) is 5.57 Å². The molecule has 278 valence electrons. The summed E-state index contributed by atoms with van der Waals surface area (Å²) in [5, 5.41) is 9.23. The molecular weight excluding hydrogens is 626 g/mol. The van der Waals surface area contributed by atoms with E-state index in [2.05, 4.69) is 6.58 Å². The number of nitrogens with zero attached hydrogens (tertiary/aromatic N) is 3. The Morgan fingerprint density at radius 1 is 0.592 bits per heavy atom.